The highest BCUT2D eigenvalue weighted by Crippen LogP contribution is 2.06. The van der Waals surface area contributed by atoms with Crippen LogP contribution >= 0.6 is 0 Å². The van der Waals surface area contributed by atoms with Crippen LogP contribution < -0.4 is 11.1 Å². The van der Waals surface area contributed by atoms with Crippen molar-refractivity contribution in [2.24, 2.45) is 5.73 Å². The van der Waals surface area contributed by atoms with Crippen LogP contribution in [-0.4, -0.2) is 17.6 Å². The summed E-state index contributed by atoms with van der Waals surface area (Å²) < 4.78 is 5.02. The lowest BCUT2D eigenvalue weighted by molar-refractivity contribution is 0.0947. The molecule has 5 nitrogen and oxygen atoms in total. The van der Waals surface area contributed by atoms with Crippen LogP contribution in [0.25, 0.3) is 0 Å². The van der Waals surface area contributed by atoms with Gasteiger partial charge in [0, 0.05) is 11.6 Å². The van der Waals surface area contributed by atoms with Crippen molar-refractivity contribution >= 4 is 5.91 Å². The van der Waals surface area contributed by atoms with Gasteiger partial charge >= 0.3 is 0 Å². The minimum atomic E-state index is -0.131. The lowest BCUT2D eigenvalue weighted by Crippen LogP contribution is -2.22. The maximum Gasteiger partial charge on any atom is 0.251 e. The van der Waals surface area contributed by atoms with Gasteiger partial charge in [0.25, 0.3) is 5.91 Å². The molecule has 0 aliphatic rings. The Labute approximate surface area is 111 Å². The standard InChI is InChI=1S/C14H17N3O2/c1-10-8-13(19-17-10)9-16-14(18)12-4-2-11(3-5-12)6-7-15/h2-5,8H,6-7,9,15H2,1H3,(H,16,18). The molecule has 3 N–H and O–H groups in total. The molecule has 0 spiro atoms. The molecule has 0 radical (unpaired) electrons. The molecule has 0 saturated heterocycles. The van der Waals surface area contributed by atoms with Crippen LogP contribution in [0.15, 0.2) is 34.9 Å². The van der Waals surface area contributed by atoms with E-state index in [0.717, 1.165) is 17.7 Å². The van der Waals surface area contributed by atoms with E-state index < -0.39 is 0 Å². The van der Waals surface area contributed by atoms with Gasteiger partial charge in [-0.05, 0) is 37.6 Å². The highest BCUT2D eigenvalue weighted by molar-refractivity contribution is 5.94. The smallest absolute Gasteiger partial charge is 0.251 e. The molecule has 19 heavy (non-hydrogen) atoms. The Balaban J connectivity index is 1.92. The van der Waals surface area contributed by atoms with Crippen LogP contribution in [-0.2, 0) is 13.0 Å². The van der Waals surface area contributed by atoms with Crippen LogP contribution in [0.4, 0.5) is 0 Å². The average Bonchev–Trinajstić information content (AvgIpc) is 2.83. The molecule has 0 unspecified atom stereocenters. The minimum Gasteiger partial charge on any atom is -0.359 e. The number of hydrogen-bond acceptors (Lipinski definition) is 4. The molecule has 0 aliphatic heterocycles. The van der Waals surface area contributed by atoms with Crippen LogP contribution in [0.5, 0.6) is 0 Å². The van der Waals surface area contributed by atoms with E-state index >= 15 is 0 Å². The van der Waals surface area contributed by atoms with Gasteiger partial charge in [-0.3, -0.25) is 4.79 Å². The molecule has 0 bridgehead atoms. The largest absolute Gasteiger partial charge is 0.359 e. The fourth-order valence-electron chi connectivity index (χ4n) is 1.76. The summed E-state index contributed by atoms with van der Waals surface area (Å²) in [6.07, 6.45) is 0.819. The SMILES string of the molecule is Cc1cc(CNC(=O)c2ccc(CCN)cc2)on1. The van der Waals surface area contributed by atoms with E-state index in [1.54, 1.807) is 18.2 Å². The van der Waals surface area contributed by atoms with Gasteiger partial charge in [0.05, 0.1) is 12.2 Å². The number of aromatic nitrogens is 1. The van der Waals surface area contributed by atoms with Crippen molar-refractivity contribution in [1.29, 1.82) is 0 Å². The number of nitrogens with zero attached hydrogens (tertiary/aromatic N) is 1. The number of carbonyl (C=O) groups excluding carboxylic acids is 1. The summed E-state index contributed by atoms with van der Waals surface area (Å²) in [4.78, 5) is 11.9. The van der Waals surface area contributed by atoms with Gasteiger partial charge in [0.15, 0.2) is 5.76 Å². The number of nitrogens with two attached hydrogens (primary N) is 1. The summed E-state index contributed by atoms with van der Waals surface area (Å²) in [6, 6.07) is 9.23. The van der Waals surface area contributed by atoms with Gasteiger partial charge in [0.1, 0.15) is 0 Å². The highest BCUT2D eigenvalue weighted by Gasteiger charge is 2.07. The zero-order valence-electron chi connectivity index (χ0n) is 10.8. The van der Waals surface area contributed by atoms with Crippen molar-refractivity contribution in [1.82, 2.24) is 10.5 Å². The molecule has 0 aliphatic carbocycles. The predicted molar refractivity (Wildman–Crippen MR) is 71.6 cm³/mol. The number of hydrogen-bond donors (Lipinski definition) is 2. The second-order valence-corrected chi connectivity index (χ2v) is 4.35. The molecule has 0 fully saturated rings. The average molecular weight is 259 g/mol. The normalized spacial score (nSPS) is 10.4. The van der Waals surface area contributed by atoms with Gasteiger partial charge in [-0.2, -0.15) is 0 Å². The Morgan fingerprint density at radius 2 is 2.11 bits per heavy atom. The van der Waals surface area contributed by atoms with Gasteiger partial charge in [-0.15, -0.1) is 0 Å². The number of rotatable bonds is 5. The van der Waals surface area contributed by atoms with Crippen molar-refractivity contribution in [3.63, 3.8) is 0 Å². The van der Waals surface area contributed by atoms with E-state index in [4.69, 9.17) is 10.3 Å². The lowest BCUT2D eigenvalue weighted by Gasteiger charge is -2.04. The Kier molecular flexibility index (Phi) is 4.30. The first-order valence-electron chi connectivity index (χ1n) is 6.18. The van der Waals surface area contributed by atoms with Crippen molar-refractivity contribution < 1.29 is 9.32 Å². The van der Waals surface area contributed by atoms with Crippen LogP contribution in [0.3, 0.4) is 0 Å². The fourth-order valence-corrected chi connectivity index (χ4v) is 1.76. The maximum atomic E-state index is 11.9. The van der Waals surface area contributed by atoms with E-state index in [1.807, 2.05) is 19.1 Å². The quantitative estimate of drug-likeness (QED) is 0.850. The third-order valence-electron chi connectivity index (χ3n) is 2.75. The molecular formula is C14H17N3O2. The topological polar surface area (TPSA) is 81.2 Å². The summed E-state index contributed by atoms with van der Waals surface area (Å²) in [7, 11) is 0. The second kappa shape index (κ2) is 6.15. The summed E-state index contributed by atoms with van der Waals surface area (Å²) in [6.45, 7) is 2.78. The van der Waals surface area contributed by atoms with E-state index in [1.165, 1.54) is 0 Å². The molecule has 100 valence electrons. The third-order valence-corrected chi connectivity index (χ3v) is 2.75. The lowest BCUT2D eigenvalue weighted by atomic mass is 10.1. The summed E-state index contributed by atoms with van der Waals surface area (Å²) in [5.41, 5.74) is 8.03. The first kappa shape index (κ1) is 13.3. The Morgan fingerprint density at radius 1 is 1.37 bits per heavy atom. The fraction of sp³-hybridized carbons (Fsp3) is 0.286. The number of nitrogens with one attached hydrogen (secondary N) is 1. The zero-order valence-corrected chi connectivity index (χ0v) is 10.8. The van der Waals surface area contributed by atoms with Crippen molar-refractivity contribution in [2.45, 2.75) is 19.9 Å². The molecule has 0 atom stereocenters. The summed E-state index contributed by atoms with van der Waals surface area (Å²) in [5.74, 6) is 0.513. The zero-order chi connectivity index (χ0) is 13.7. The minimum absolute atomic E-state index is 0.131. The number of carbonyl (C=O) groups is 1. The van der Waals surface area contributed by atoms with Gasteiger partial charge < -0.3 is 15.6 Å². The Morgan fingerprint density at radius 3 is 2.68 bits per heavy atom. The van der Waals surface area contributed by atoms with E-state index in [-0.39, 0.29) is 5.91 Å². The molecule has 2 aromatic rings. The monoisotopic (exact) mass is 259 g/mol. The second-order valence-electron chi connectivity index (χ2n) is 4.35. The van der Waals surface area contributed by atoms with E-state index in [0.29, 0.717) is 24.4 Å². The van der Waals surface area contributed by atoms with Crippen LogP contribution in [0.2, 0.25) is 0 Å². The first-order chi connectivity index (χ1) is 9.19. The molecule has 1 heterocycles. The van der Waals surface area contributed by atoms with Gasteiger partial charge in [0.2, 0.25) is 0 Å². The predicted octanol–water partition coefficient (Wildman–Crippen LogP) is 1.41. The summed E-state index contributed by atoms with van der Waals surface area (Å²) in [5, 5.41) is 6.54. The number of benzene rings is 1. The molecule has 0 saturated carbocycles. The van der Waals surface area contributed by atoms with Crippen LogP contribution in [0, 0.1) is 6.92 Å². The van der Waals surface area contributed by atoms with Gasteiger partial charge in [-0.1, -0.05) is 17.3 Å². The third kappa shape index (κ3) is 3.66. The van der Waals surface area contributed by atoms with Crippen molar-refractivity contribution in [3.8, 4) is 0 Å². The van der Waals surface area contributed by atoms with Crippen LogP contribution in [0.1, 0.15) is 27.4 Å². The van der Waals surface area contributed by atoms with Crippen molar-refractivity contribution in [3.05, 3.63) is 52.9 Å². The number of amides is 1. The van der Waals surface area contributed by atoms with Crippen molar-refractivity contribution in [2.75, 3.05) is 6.54 Å². The molecule has 1 amide bonds. The van der Waals surface area contributed by atoms with E-state index in [9.17, 15) is 4.79 Å². The Hall–Kier alpha value is -2.14. The molecular weight excluding hydrogens is 242 g/mol. The first-order valence-corrected chi connectivity index (χ1v) is 6.18. The molecule has 1 aromatic heterocycles. The van der Waals surface area contributed by atoms with Gasteiger partial charge in [-0.25, -0.2) is 0 Å². The summed E-state index contributed by atoms with van der Waals surface area (Å²) >= 11 is 0. The highest BCUT2D eigenvalue weighted by atomic mass is 16.5. The molecule has 1 aromatic carbocycles. The maximum absolute atomic E-state index is 11.9. The molecule has 2 rings (SSSR count). The molecule has 5 heteroatoms. The number of aryl methyl sites for hydroxylation is 1. The Bertz CT molecular complexity index is 546. The van der Waals surface area contributed by atoms with E-state index in [2.05, 4.69) is 10.5 Å².